The number of aromatic nitrogens is 1. The number of hydrogen-bond acceptors (Lipinski definition) is 6. The lowest BCUT2D eigenvalue weighted by Crippen LogP contribution is -2.23. The molecule has 0 aliphatic rings. The molecule has 2 heterocycles. The molecule has 0 atom stereocenters. The Morgan fingerprint density at radius 1 is 1.21 bits per heavy atom. The van der Waals surface area contributed by atoms with Gasteiger partial charge in [-0.2, -0.15) is 0 Å². The molecule has 2 amide bonds. The summed E-state index contributed by atoms with van der Waals surface area (Å²) in [5.41, 5.74) is 2.05. The van der Waals surface area contributed by atoms with Gasteiger partial charge in [-0.25, -0.2) is 4.98 Å². The summed E-state index contributed by atoms with van der Waals surface area (Å²) in [5.74, 6) is 0.262. The van der Waals surface area contributed by atoms with Crippen molar-refractivity contribution in [3.05, 3.63) is 52.3 Å². The van der Waals surface area contributed by atoms with Crippen molar-refractivity contribution in [3.8, 4) is 5.75 Å². The van der Waals surface area contributed by atoms with Crippen LogP contribution in [0.4, 0.5) is 5.69 Å². The zero-order valence-electron chi connectivity index (χ0n) is 16.2. The number of ether oxygens (including phenoxy) is 1. The van der Waals surface area contributed by atoms with Crippen molar-refractivity contribution in [2.45, 2.75) is 6.92 Å². The van der Waals surface area contributed by atoms with Gasteiger partial charge in [0.25, 0.3) is 11.8 Å². The standard InChI is InChI=1S/C21H19N3O3S2/c1-12-22-19-17(29-12)10-16(15-7-8-28-20(15)19)27-11-18(25)23-14-6-4-5-13(9-14)21(26)24(2)3/h4-10H,11H2,1-3H3,(H,23,25). The molecule has 0 aliphatic heterocycles. The van der Waals surface area contributed by atoms with E-state index in [2.05, 4.69) is 10.3 Å². The molecule has 0 bridgehead atoms. The number of hydrogen-bond donors (Lipinski definition) is 1. The largest absolute Gasteiger partial charge is 0.483 e. The van der Waals surface area contributed by atoms with Gasteiger partial charge in [0.2, 0.25) is 0 Å². The van der Waals surface area contributed by atoms with E-state index in [1.165, 1.54) is 4.90 Å². The molecule has 0 radical (unpaired) electrons. The highest BCUT2D eigenvalue weighted by atomic mass is 32.1. The van der Waals surface area contributed by atoms with Crippen molar-refractivity contribution >= 4 is 60.5 Å². The van der Waals surface area contributed by atoms with Crippen molar-refractivity contribution in [2.24, 2.45) is 0 Å². The fourth-order valence-corrected chi connectivity index (χ4v) is 4.87. The van der Waals surface area contributed by atoms with Crippen LogP contribution in [0.2, 0.25) is 0 Å². The molecule has 0 unspecified atom stereocenters. The van der Waals surface area contributed by atoms with Crippen molar-refractivity contribution in [2.75, 3.05) is 26.0 Å². The molecule has 8 heteroatoms. The summed E-state index contributed by atoms with van der Waals surface area (Å²) < 4.78 is 7.95. The van der Waals surface area contributed by atoms with Crippen LogP contribution in [0.5, 0.6) is 5.75 Å². The lowest BCUT2D eigenvalue weighted by molar-refractivity contribution is -0.118. The Balaban J connectivity index is 1.49. The van der Waals surface area contributed by atoms with Crippen LogP contribution >= 0.6 is 22.7 Å². The monoisotopic (exact) mass is 425 g/mol. The van der Waals surface area contributed by atoms with Gasteiger partial charge in [-0.05, 0) is 36.6 Å². The Kier molecular flexibility index (Phi) is 5.21. The average Bonchev–Trinajstić information content (AvgIpc) is 3.31. The van der Waals surface area contributed by atoms with Gasteiger partial charge in [0.05, 0.1) is 19.9 Å². The first-order valence-corrected chi connectivity index (χ1v) is 10.6. The minimum atomic E-state index is -0.289. The van der Waals surface area contributed by atoms with E-state index in [0.717, 1.165) is 25.3 Å². The Morgan fingerprint density at radius 3 is 2.83 bits per heavy atom. The van der Waals surface area contributed by atoms with Gasteiger partial charge in [-0.1, -0.05) is 6.07 Å². The number of benzene rings is 2. The van der Waals surface area contributed by atoms with Crippen LogP contribution in [0, 0.1) is 6.92 Å². The molecule has 4 aromatic rings. The molecule has 29 heavy (non-hydrogen) atoms. The van der Waals surface area contributed by atoms with E-state index in [-0.39, 0.29) is 18.4 Å². The lowest BCUT2D eigenvalue weighted by Gasteiger charge is -2.12. The quantitative estimate of drug-likeness (QED) is 0.510. The first-order chi connectivity index (χ1) is 13.9. The second kappa shape index (κ2) is 7.81. The highest BCUT2D eigenvalue weighted by molar-refractivity contribution is 7.21. The summed E-state index contributed by atoms with van der Waals surface area (Å²) in [4.78, 5) is 30.6. The molecule has 0 spiro atoms. The van der Waals surface area contributed by atoms with E-state index >= 15 is 0 Å². The van der Waals surface area contributed by atoms with Crippen molar-refractivity contribution in [3.63, 3.8) is 0 Å². The van der Waals surface area contributed by atoms with Gasteiger partial charge in [0.15, 0.2) is 6.61 Å². The molecule has 0 saturated heterocycles. The molecule has 0 fully saturated rings. The second-order valence-corrected chi connectivity index (χ2v) is 8.89. The normalized spacial score (nSPS) is 11.0. The van der Waals surface area contributed by atoms with E-state index < -0.39 is 0 Å². The molecule has 0 saturated carbocycles. The van der Waals surface area contributed by atoms with Crippen LogP contribution in [0.25, 0.3) is 20.3 Å². The van der Waals surface area contributed by atoms with Gasteiger partial charge < -0.3 is 15.0 Å². The number of nitrogens with zero attached hydrogens (tertiary/aromatic N) is 2. The second-order valence-electron chi connectivity index (χ2n) is 6.73. The molecule has 1 N–H and O–H groups in total. The minimum absolute atomic E-state index is 0.120. The number of aryl methyl sites for hydroxylation is 1. The van der Waals surface area contributed by atoms with E-state index in [1.54, 1.807) is 61.0 Å². The number of carbonyl (C=O) groups is 2. The number of carbonyl (C=O) groups excluding carboxylic acids is 2. The first-order valence-electron chi connectivity index (χ1n) is 8.94. The molecule has 2 aromatic carbocycles. The van der Waals surface area contributed by atoms with Crippen LogP contribution in [0.1, 0.15) is 15.4 Å². The molecular formula is C21H19N3O3S2. The number of thiophene rings is 1. The van der Waals surface area contributed by atoms with Crippen LogP contribution in [0.3, 0.4) is 0 Å². The van der Waals surface area contributed by atoms with E-state index in [4.69, 9.17) is 4.74 Å². The summed E-state index contributed by atoms with van der Waals surface area (Å²) in [6, 6.07) is 10.8. The zero-order valence-corrected chi connectivity index (χ0v) is 17.8. The Bertz CT molecular complexity index is 1230. The summed E-state index contributed by atoms with van der Waals surface area (Å²) in [5, 5.41) is 6.74. The molecule has 6 nitrogen and oxygen atoms in total. The third-order valence-electron chi connectivity index (χ3n) is 4.33. The minimum Gasteiger partial charge on any atom is -0.483 e. The summed E-state index contributed by atoms with van der Waals surface area (Å²) in [6.07, 6.45) is 0. The number of amides is 2. The van der Waals surface area contributed by atoms with Crippen LogP contribution in [-0.4, -0.2) is 42.4 Å². The topological polar surface area (TPSA) is 71.5 Å². The van der Waals surface area contributed by atoms with Crippen LogP contribution in [-0.2, 0) is 4.79 Å². The lowest BCUT2D eigenvalue weighted by atomic mass is 10.2. The van der Waals surface area contributed by atoms with Gasteiger partial charge in [0, 0.05) is 36.8 Å². The molecule has 2 aromatic heterocycles. The molecular weight excluding hydrogens is 406 g/mol. The predicted octanol–water partition coefficient (Wildman–Crippen LogP) is 4.54. The van der Waals surface area contributed by atoms with Gasteiger partial charge in [-0.15, -0.1) is 22.7 Å². The maximum absolute atomic E-state index is 12.4. The fraction of sp³-hybridized carbons (Fsp3) is 0.190. The number of thiazole rings is 1. The highest BCUT2D eigenvalue weighted by Gasteiger charge is 2.14. The fourth-order valence-electron chi connectivity index (χ4n) is 3.03. The predicted molar refractivity (Wildman–Crippen MR) is 118 cm³/mol. The smallest absolute Gasteiger partial charge is 0.262 e. The van der Waals surface area contributed by atoms with Crippen LogP contribution in [0.15, 0.2) is 41.8 Å². The SMILES string of the molecule is Cc1nc2c(cc(OCC(=O)Nc3cccc(C(=O)N(C)C)c3)c3ccsc32)s1. The Labute approximate surface area is 175 Å². The Morgan fingerprint density at radius 2 is 2.03 bits per heavy atom. The molecule has 148 valence electrons. The third-order valence-corrected chi connectivity index (χ3v) is 6.17. The number of nitrogens with one attached hydrogen (secondary N) is 1. The van der Waals surface area contributed by atoms with Gasteiger partial charge in [-0.3, -0.25) is 9.59 Å². The number of fused-ring (bicyclic) bond motifs is 3. The van der Waals surface area contributed by atoms with Crippen molar-refractivity contribution in [1.82, 2.24) is 9.88 Å². The van der Waals surface area contributed by atoms with Crippen LogP contribution < -0.4 is 10.1 Å². The number of rotatable bonds is 5. The van der Waals surface area contributed by atoms with E-state index in [0.29, 0.717) is 17.0 Å². The van der Waals surface area contributed by atoms with Gasteiger partial charge in [0.1, 0.15) is 5.75 Å². The van der Waals surface area contributed by atoms with E-state index in [9.17, 15) is 9.59 Å². The summed E-state index contributed by atoms with van der Waals surface area (Å²) in [6.45, 7) is 1.85. The van der Waals surface area contributed by atoms with Crippen molar-refractivity contribution < 1.29 is 14.3 Å². The number of anilines is 1. The van der Waals surface area contributed by atoms with Gasteiger partial charge >= 0.3 is 0 Å². The summed E-state index contributed by atoms with van der Waals surface area (Å²) in [7, 11) is 3.38. The maximum Gasteiger partial charge on any atom is 0.262 e. The van der Waals surface area contributed by atoms with E-state index in [1.807, 2.05) is 24.4 Å². The average molecular weight is 426 g/mol. The molecule has 4 rings (SSSR count). The Hall–Kier alpha value is -2.97. The molecule has 0 aliphatic carbocycles. The van der Waals surface area contributed by atoms with Crippen molar-refractivity contribution in [1.29, 1.82) is 0 Å². The summed E-state index contributed by atoms with van der Waals surface area (Å²) >= 11 is 3.22. The zero-order chi connectivity index (χ0) is 20.5. The highest BCUT2D eigenvalue weighted by Crippen LogP contribution is 2.38. The first kappa shape index (κ1) is 19.4. The third kappa shape index (κ3) is 3.94. The maximum atomic E-state index is 12.4.